The van der Waals surface area contributed by atoms with Gasteiger partial charge in [0.05, 0.1) is 0 Å². The average molecular weight is 325 g/mol. The molecule has 1 aromatic carbocycles. The van der Waals surface area contributed by atoms with Gasteiger partial charge in [0.15, 0.2) is 0 Å². The van der Waals surface area contributed by atoms with Crippen LogP contribution in [0.3, 0.4) is 0 Å². The van der Waals surface area contributed by atoms with Crippen molar-refractivity contribution in [2.24, 2.45) is 11.3 Å². The van der Waals surface area contributed by atoms with Crippen LogP contribution in [0.1, 0.15) is 32.8 Å². The van der Waals surface area contributed by atoms with Crippen LogP contribution in [0, 0.1) is 11.3 Å². The molecule has 2 rings (SSSR count). The number of nitrogens with zero attached hydrogens (tertiary/aromatic N) is 1. The topological polar surface area (TPSA) is 46.3 Å². The zero-order valence-electron chi connectivity index (χ0n) is 11.7. The molecule has 0 aliphatic carbocycles. The first-order valence-corrected chi connectivity index (χ1v) is 7.38. The Morgan fingerprint density at radius 3 is 2.63 bits per heavy atom. The summed E-state index contributed by atoms with van der Waals surface area (Å²) in [4.78, 5) is 14.1. The number of hydrogen-bond donors (Lipinski definition) is 1. The van der Waals surface area contributed by atoms with Gasteiger partial charge in [0, 0.05) is 29.7 Å². The molecule has 1 amide bonds. The molecule has 19 heavy (non-hydrogen) atoms. The number of carbonyl (C=O) groups excluding carboxylic acids is 1. The first-order valence-electron chi connectivity index (χ1n) is 6.59. The highest BCUT2D eigenvalue weighted by Gasteiger charge is 2.36. The monoisotopic (exact) mass is 324 g/mol. The molecule has 2 N–H and O–H groups in total. The molecular weight excluding hydrogens is 304 g/mol. The van der Waals surface area contributed by atoms with Crippen LogP contribution in [0.5, 0.6) is 0 Å². The van der Waals surface area contributed by atoms with Gasteiger partial charge in [-0.05, 0) is 29.0 Å². The summed E-state index contributed by atoms with van der Waals surface area (Å²) in [6, 6.07) is 5.75. The van der Waals surface area contributed by atoms with Crippen LogP contribution in [0.2, 0.25) is 0 Å². The fraction of sp³-hybridized carbons (Fsp3) is 0.533. The number of halogens is 1. The highest BCUT2D eigenvalue weighted by atomic mass is 79.9. The lowest BCUT2D eigenvalue weighted by Crippen LogP contribution is -2.27. The molecule has 0 spiro atoms. The number of nitrogens with two attached hydrogens (primary N) is 1. The minimum atomic E-state index is 0.183. The van der Waals surface area contributed by atoms with E-state index in [0.29, 0.717) is 18.9 Å². The lowest BCUT2D eigenvalue weighted by molar-refractivity contribution is -0.128. The number of nitrogen functional groups attached to an aromatic ring is 1. The number of carbonyl (C=O) groups is 1. The van der Waals surface area contributed by atoms with Crippen molar-refractivity contribution >= 4 is 27.5 Å². The fourth-order valence-electron chi connectivity index (χ4n) is 2.40. The van der Waals surface area contributed by atoms with E-state index in [0.717, 1.165) is 22.3 Å². The van der Waals surface area contributed by atoms with Crippen molar-refractivity contribution in [3.63, 3.8) is 0 Å². The Bertz CT molecular complexity index is 493. The van der Waals surface area contributed by atoms with Crippen LogP contribution in [-0.2, 0) is 11.3 Å². The third-order valence-electron chi connectivity index (χ3n) is 3.88. The highest BCUT2D eigenvalue weighted by molar-refractivity contribution is 9.10. The van der Waals surface area contributed by atoms with E-state index in [1.54, 1.807) is 0 Å². The normalized spacial score (nSPS) is 20.1. The number of likely N-dealkylation sites (tertiary alicyclic amines) is 1. The summed E-state index contributed by atoms with van der Waals surface area (Å²) in [5.41, 5.74) is 7.76. The molecule has 1 aliphatic rings. The van der Waals surface area contributed by atoms with Crippen LogP contribution in [0.25, 0.3) is 0 Å². The maximum Gasteiger partial charge on any atom is 0.223 e. The number of rotatable bonds is 2. The van der Waals surface area contributed by atoms with Crippen molar-refractivity contribution in [3.8, 4) is 0 Å². The van der Waals surface area contributed by atoms with Gasteiger partial charge in [0.25, 0.3) is 0 Å². The molecule has 4 heteroatoms. The van der Waals surface area contributed by atoms with Gasteiger partial charge in [-0.15, -0.1) is 0 Å². The number of anilines is 1. The van der Waals surface area contributed by atoms with Gasteiger partial charge in [-0.2, -0.15) is 0 Å². The summed E-state index contributed by atoms with van der Waals surface area (Å²) in [5, 5.41) is 0. The molecule has 1 heterocycles. The predicted molar refractivity (Wildman–Crippen MR) is 81.5 cm³/mol. The first-order chi connectivity index (χ1) is 8.77. The molecule has 0 radical (unpaired) electrons. The Labute approximate surface area is 123 Å². The fourth-order valence-corrected chi connectivity index (χ4v) is 2.92. The van der Waals surface area contributed by atoms with Gasteiger partial charge in [0.2, 0.25) is 5.91 Å². The number of hydrogen-bond acceptors (Lipinski definition) is 2. The molecule has 1 unspecified atom stereocenters. The summed E-state index contributed by atoms with van der Waals surface area (Å²) in [6.45, 7) is 8.11. The molecule has 0 bridgehead atoms. The Hall–Kier alpha value is -1.03. The standard InChI is InChI=1S/C15H21BrN2O/c1-15(2,3)11-6-14(19)18(9-11)8-10-4-5-12(17)7-13(10)16/h4-5,7,11H,6,8-9,17H2,1-3H3. The Morgan fingerprint density at radius 1 is 1.42 bits per heavy atom. The second-order valence-corrected chi connectivity index (χ2v) is 7.25. The molecule has 1 saturated heterocycles. The van der Waals surface area contributed by atoms with E-state index >= 15 is 0 Å². The van der Waals surface area contributed by atoms with Gasteiger partial charge in [0.1, 0.15) is 0 Å². The molecule has 1 aliphatic heterocycles. The molecule has 0 saturated carbocycles. The summed E-state index contributed by atoms with van der Waals surface area (Å²) in [6.07, 6.45) is 0.663. The molecule has 1 atom stereocenters. The van der Waals surface area contributed by atoms with E-state index in [1.165, 1.54) is 0 Å². The highest BCUT2D eigenvalue weighted by Crippen LogP contribution is 2.35. The zero-order valence-corrected chi connectivity index (χ0v) is 13.3. The summed E-state index contributed by atoms with van der Waals surface area (Å²) >= 11 is 3.51. The lowest BCUT2D eigenvalue weighted by Gasteiger charge is -2.26. The second kappa shape index (κ2) is 5.16. The van der Waals surface area contributed by atoms with Crippen LogP contribution in [0.15, 0.2) is 22.7 Å². The van der Waals surface area contributed by atoms with E-state index in [-0.39, 0.29) is 11.3 Å². The zero-order chi connectivity index (χ0) is 14.2. The predicted octanol–water partition coefficient (Wildman–Crippen LogP) is 3.43. The van der Waals surface area contributed by atoms with Crippen molar-refractivity contribution in [3.05, 3.63) is 28.2 Å². The first kappa shape index (κ1) is 14.4. The average Bonchev–Trinajstić information content (AvgIpc) is 2.64. The minimum absolute atomic E-state index is 0.183. The van der Waals surface area contributed by atoms with Crippen molar-refractivity contribution in [2.75, 3.05) is 12.3 Å². The summed E-state index contributed by atoms with van der Waals surface area (Å²) in [5.74, 6) is 0.691. The summed E-state index contributed by atoms with van der Waals surface area (Å²) in [7, 11) is 0. The molecule has 1 fully saturated rings. The van der Waals surface area contributed by atoms with E-state index in [1.807, 2.05) is 23.1 Å². The number of amides is 1. The Kier molecular flexibility index (Phi) is 3.90. The van der Waals surface area contributed by atoms with Crippen LogP contribution >= 0.6 is 15.9 Å². The molecule has 1 aromatic rings. The van der Waals surface area contributed by atoms with E-state index in [2.05, 4.69) is 36.7 Å². The van der Waals surface area contributed by atoms with Gasteiger partial charge in [-0.25, -0.2) is 0 Å². The van der Waals surface area contributed by atoms with Gasteiger partial charge in [-0.1, -0.05) is 42.8 Å². The second-order valence-electron chi connectivity index (χ2n) is 6.39. The van der Waals surface area contributed by atoms with Crippen molar-refractivity contribution < 1.29 is 4.79 Å². The maximum absolute atomic E-state index is 12.1. The van der Waals surface area contributed by atoms with E-state index in [4.69, 9.17) is 5.73 Å². The third-order valence-corrected chi connectivity index (χ3v) is 4.62. The van der Waals surface area contributed by atoms with E-state index < -0.39 is 0 Å². The van der Waals surface area contributed by atoms with Gasteiger partial charge >= 0.3 is 0 Å². The van der Waals surface area contributed by atoms with Crippen molar-refractivity contribution in [1.29, 1.82) is 0 Å². The molecule has 3 nitrogen and oxygen atoms in total. The van der Waals surface area contributed by atoms with Crippen LogP contribution in [-0.4, -0.2) is 17.4 Å². The van der Waals surface area contributed by atoms with Crippen molar-refractivity contribution in [2.45, 2.75) is 33.7 Å². The lowest BCUT2D eigenvalue weighted by atomic mass is 9.80. The number of benzene rings is 1. The Balaban J connectivity index is 2.10. The largest absolute Gasteiger partial charge is 0.399 e. The van der Waals surface area contributed by atoms with Gasteiger partial charge in [-0.3, -0.25) is 4.79 Å². The molecular formula is C15H21BrN2O. The van der Waals surface area contributed by atoms with Crippen molar-refractivity contribution in [1.82, 2.24) is 4.90 Å². The quantitative estimate of drug-likeness (QED) is 0.847. The summed E-state index contributed by atoms with van der Waals surface area (Å²) < 4.78 is 0.972. The molecule has 104 valence electrons. The molecule has 0 aromatic heterocycles. The smallest absolute Gasteiger partial charge is 0.223 e. The van der Waals surface area contributed by atoms with E-state index in [9.17, 15) is 4.79 Å². The SMILES string of the molecule is CC(C)(C)C1CC(=O)N(Cc2ccc(N)cc2Br)C1. The Morgan fingerprint density at radius 2 is 2.11 bits per heavy atom. The maximum atomic E-state index is 12.1. The third kappa shape index (κ3) is 3.30. The van der Waals surface area contributed by atoms with Crippen LogP contribution in [0.4, 0.5) is 5.69 Å². The minimum Gasteiger partial charge on any atom is -0.399 e. The van der Waals surface area contributed by atoms with Gasteiger partial charge < -0.3 is 10.6 Å². The van der Waals surface area contributed by atoms with Crippen LogP contribution < -0.4 is 5.73 Å².